The zero-order valence-electron chi connectivity index (χ0n) is 18.1. The van der Waals surface area contributed by atoms with E-state index in [4.69, 9.17) is 14.2 Å². The summed E-state index contributed by atoms with van der Waals surface area (Å²) in [6, 6.07) is 0. The third kappa shape index (κ3) is 10.1. The maximum absolute atomic E-state index is 5.94. The van der Waals surface area contributed by atoms with E-state index >= 15 is 0 Å². The number of hydrogen-bond donors (Lipinski definition) is 0. The first-order valence-corrected chi connectivity index (χ1v) is 18.7. The summed E-state index contributed by atoms with van der Waals surface area (Å²) in [5.74, 6) is -0.464. The maximum atomic E-state index is 5.94. The van der Waals surface area contributed by atoms with Crippen LogP contribution in [0.1, 0.15) is 79.6 Å². The molecule has 0 aromatic carbocycles. The van der Waals surface area contributed by atoms with E-state index in [0.29, 0.717) is 6.61 Å². The Hall–Kier alpha value is 0.419. The second-order valence-corrected chi connectivity index (χ2v) is 21.4. The van der Waals surface area contributed by atoms with Gasteiger partial charge in [0.1, 0.15) is 0 Å². The van der Waals surface area contributed by atoms with Crippen LogP contribution < -0.4 is 0 Å². The molecule has 1 heterocycles. The Kier molecular flexibility index (Phi) is 12.8. The van der Waals surface area contributed by atoms with Crippen molar-refractivity contribution in [1.82, 2.24) is 0 Å². The summed E-state index contributed by atoms with van der Waals surface area (Å²) in [5.41, 5.74) is 0. The zero-order valence-corrected chi connectivity index (χ0v) is 21.0. The van der Waals surface area contributed by atoms with E-state index in [0.717, 1.165) is 19.6 Å². The van der Waals surface area contributed by atoms with Gasteiger partial charge in [-0.05, 0) is 0 Å². The average molecular weight is 475 g/mol. The molecule has 0 saturated carbocycles. The Balaban J connectivity index is 2.50. The van der Waals surface area contributed by atoms with Gasteiger partial charge in [0, 0.05) is 0 Å². The van der Waals surface area contributed by atoms with Gasteiger partial charge in [0.05, 0.1) is 0 Å². The van der Waals surface area contributed by atoms with E-state index in [2.05, 4.69) is 30.9 Å². The molecule has 0 aliphatic carbocycles. The Bertz CT molecular complexity index is 360. The topological polar surface area (TPSA) is 27.7 Å². The van der Waals surface area contributed by atoms with Gasteiger partial charge >= 0.3 is 167 Å². The number of hydrogen-bond acceptors (Lipinski definition) is 3. The van der Waals surface area contributed by atoms with Crippen LogP contribution in [0.5, 0.6) is 0 Å². The van der Waals surface area contributed by atoms with Gasteiger partial charge < -0.3 is 0 Å². The van der Waals surface area contributed by atoms with Crippen LogP contribution in [0.2, 0.25) is 13.3 Å². The van der Waals surface area contributed by atoms with Crippen LogP contribution in [0.25, 0.3) is 0 Å². The zero-order chi connectivity index (χ0) is 19.3. The molecule has 1 atom stereocenters. The molecule has 0 aromatic rings. The second kappa shape index (κ2) is 13.6. The summed E-state index contributed by atoms with van der Waals surface area (Å²) in [6.07, 6.45) is 11.7. The van der Waals surface area contributed by atoms with Crippen molar-refractivity contribution < 1.29 is 14.2 Å². The average Bonchev–Trinajstić information content (AvgIpc) is 2.61. The van der Waals surface area contributed by atoms with Gasteiger partial charge in [-0.2, -0.15) is 0 Å². The van der Waals surface area contributed by atoms with Crippen LogP contribution in [0, 0.1) is 0 Å². The van der Waals surface area contributed by atoms with E-state index in [1.165, 1.54) is 51.8 Å². The minimum absolute atomic E-state index is 0.167. The molecule has 0 spiro atoms. The molecule has 1 saturated heterocycles. The monoisotopic (exact) mass is 476 g/mol. The molecule has 0 aromatic heterocycles. The third-order valence-electron chi connectivity index (χ3n) is 5.41. The van der Waals surface area contributed by atoms with Crippen LogP contribution in [-0.4, -0.2) is 50.1 Å². The van der Waals surface area contributed by atoms with Crippen molar-refractivity contribution in [2.24, 2.45) is 0 Å². The molecule has 3 nitrogen and oxygen atoms in total. The molecule has 1 unspecified atom stereocenters. The predicted octanol–water partition coefficient (Wildman–Crippen LogP) is 6.49. The summed E-state index contributed by atoms with van der Waals surface area (Å²) in [5, 5.41) is 0. The first kappa shape index (κ1) is 24.5. The molecular formula is C22H44O3Sn. The van der Waals surface area contributed by atoms with Gasteiger partial charge in [0.15, 0.2) is 0 Å². The van der Waals surface area contributed by atoms with Crippen LogP contribution in [-0.2, 0) is 14.2 Å². The summed E-state index contributed by atoms with van der Waals surface area (Å²) in [7, 11) is 0. The van der Waals surface area contributed by atoms with Gasteiger partial charge in [-0.1, -0.05) is 0 Å². The summed E-state index contributed by atoms with van der Waals surface area (Å²) >= 11 is -2.13. The molecule has 1 fully saturated rings. The van der Waals surface area contributed by atoms with Crippen LogP contribution in [0.3, 0.4) is 0 Å². The van der Waals surface area contributed by atoms with Crippen molar-refractivity contribution in [3.05, 3.63) is 10.2 Å². The van der Waals surface area contributed by atoms with Gasteiger partial charge in [0.2, 0.25) is 0 Å². The van der Waals surface area contributed by atoms with E-state index in [1.54, 1.807) is 0 Å². The number of ether oxygens (including phenoxy) is 3. The van der Waals surface area contributed by atoms with Crippen molar-refractivity contribution >= 4 is 18.4 Å². The first-order valence-electron chi connectivity index (χ1n) is 11.0. The number of rotatable bonds is 14. The fraction of sp³-hybridized carbons (Fsp3) is 0.909. The molecule has 0 bridgehead atoms. The van der Waals surface area contributed by atoms with Crippen molar-refractivity contribution in [2.75, 3.05) is 19.8 Å². The van der Waals surface area contributed by atoms with E-state index in [9.17, 15) is 0 Å². The van der Waals surface area contributed by atoms with Gasteiger partial charge in [-0.25, -0.2) is 0 Å². The molecule has 0 radical (unpaired) electrons. The van der Waals surface area contributed by atoms with E-state index in [-0.39, 0.29) is 6.10 Å². The van der Waals surface area contributed by atoms with Crippen LogP contribution in [0.4, 0.5) is 0 Å². The quantitative estimate of drug-likeness (QED) is 0.212. The third-order valence-corrected chi connectivity index (χ3v) is 19.7. The summed E-state index contributed by atoms with van der Waals surface area (Å²) in [4.78, 5) is 0. The van der Waals surface area contributed by atoms with Gasteiger partial charge in [-0.3, -0.25) is 0 Å². The first-order chi connectivity index (χ1) is 12.5. The normalized spacial score (nSPS) is 20.7. The fourth-order valence-corrected chi connectivity index (χ4v) is 18.2. The number of unbranched alkanes of at least 4 members (excludes halogenated alkanes) is 3. The Morgan fingerprint density at radius 3 is 2.08 bits per heavy atom. The molecular weight excluding hydrogens is 431 g/mol. The predicted molar refractivity (Wildman–Crippen MR) is 114 cm³/mol. The molecule has 1 rings (SSSR count). The standard InChI is InChI=1S/C10H17O3.3C4H9.Sn/c1-4-6-11-8-9-5-7-12-10(2,3)13-9;3*1-3-4-2;/h1,4,9H,5-8H2,2-3H3;3*1,3-4H2,2H3;. The summed E-state index contributed by atoms with van der Waals surface area (Å²) < 4.78 is 24.7. The van der Waals surface area contributed by atoms with Gasteiger partial charge in [0.25, 0.3) is 0 Å². The van der Waals surface area contributed by atoms with Crippen LogP contribution in [0.15, 0.2) is 10.2 Å². The summed E-state index contributed by atoms with van der Waals surface area (Å²) in [6.45, 7) is 13.1. The Morgan fingerprint density at radius 1 is 1.00 bits per heavy atom. The van der Waals surface area contributed by atoms with Crippen LogP contribution >= 0.6 is 0 Å². The molecule has 4 heteroatoms. The molecule has 0 N–H and O–H groups in total. The second-order valence-electron chi connectivity index (χ2n) is 8.39. The molecule has 1 aliphatic rings. The van der Waals surface area contributed by atoms with Crippen molar-refractivity contribution in [1.29, 1.82) is 0 Å². The molecule has 154 valence electrons. The minimum atomic E-state index is -2.13. The van der Waals surface area contributed by atoms with Gasteiger partial charge in [-0.15, -0.1) is 0 Å². The molecule has 0 amide bonds. The van der Waals surface area contributed by atoms with Crippen molar-refractivity contribution in [3.8, 4) is 0 Å². The Morgan fingerprint density at radius 2 is 1.58 bits per heavy atom. The molecule has 1 aliphatic heterocycles. The van der Waals surface area contributed by atoms with Crippen molar-refractivity contribution in [2.45, 2.75) is 105 Å². The van der Waals surface area contributed by atoms with E-state index in [1.807, 2.05) is 13.8 Å². The fourth-order valence-electron chi connectivity index (χ4n) is 3.82. The Labute approximate surface area is 167 Å². The SMILES string of the molecule is CCC[CH2][Sn](/[CH]=C/COCC1CCOC(C)(C)O1)([CH2]CCC)[CH2]CCC. The van der Waals surface area contributed by atoms with E-state index < -0.39 is 24.2 Å². The molecule has 26 heavy (non-hydrogen) atoms. The van der Waals surface area contributed by atoms with Crippen molar-refractivity contribution in [3.63, 3.8) is 0 Å².